The minimum absolute atomic E-state index is 0.0212. The Bertz CT molecular complexity index is 572. The minimum atomic E-state index is -3.37. The van der Waals surface area contributed by atoms with Crippen molar-refractivity contribution in [3.05, 3.63) is 29.8 Å². The first-order valence-electron chi connectivity index (χ1n) is 6.21. The standard InChI is InChI=1S/C13H21N3O3S/c1-13(2,3)8-9-20(18,19)16-11-6-4-10(5-7-11)12(14)15-17/h4-7,16-17H,8-9H2,1-3H3,(H2,14,15). The number of amidine groups is 1. The highest BCUT2D eigenvalue weighted by Crippen LogP contribution is 2.20. The molecule has 20 heavy (non-hydrogen) atoms. The van der Waals surface area contributed by atoms with E-state index in [1.807, 2.05) is 20.8 Å². The average Bonchev–Trinajstić information content (AvgIpc) is 2.35. The fourth-order valence-electron chi connectivity index (χ4n) is 1.44. The Labute approximate surface area is 119 Å². The zero-order valence-corrected chi connectivity index (χ0v) is 12.7. The van der Waals surface area contributed by atoms with E-state index in [0.29, 0.717) is 17.7 Å². The fraction of sp³-hybridized carbons (Fsp3) is 0.462. The summed E-state index contributed by atoms with van der Waals surface area (Å²) in [5.41, 5.74) is 6.36. The molecule has 112 valence electrons. The zero-order valence-electron chi connectivity index (χ0n) is 11.9. The maximum Gasteiger partial charge on any atom is 0.232 e. The number of sulfonamides is 1. The normalized spacial score (nSPS) is 13.2. The Kier molecular flexibility index (Phi) is 4.99. The quantitative estimate of drug-likeness (QED) is 0.334. The molecule has 4 N–H and O–H groups in total. The van der Waals surface area contributed by atoms with Crippen molar-refractivity contribution in [2.45, 2.75) is 27.2 Å². The number of anilines is 1. The molecule has 0 bridgehead atoms. The smallest absolute Gasteiger partial charge is 0.232 e. The van der Waals surface area contributed by atoms with Gasteiger partial charge in [-0.05, 0) is 36.1 Å². The highest BCUT2D eigenvalue weighted by Gasteiger charge is 2.17. The SMILES string of the molecule is CC(C)(C)CCS(=O)(=O)Nc1ccc(/C(N)=N/O)cc1. The molecule has 1 aromatic carbocycles. The number of benzene rings is 1. The summed E-state index contributed by atoms with van der Waals surface area (Å²) in [6.07, 6.45) is 0.574. The second kappa shape index (κ2) is 6.13. The van der Waals surface area contributed by atoms with E-state index in [0.717, 1.165) is 0 Å². The molecule has 0 saturated heterocycles. The number of oxime groups is 1. The number of hydrogen-bond donors (Lipinski definition) is 3. The Hall–Kier alpha value is -1.76. The molecule has 0 heterocycles. The Morgan fingerprint density at radius 1 is 1.30 bits per heavy atom. The topological polar surface area (TPSA) is 105 Å². The van der Waals surface area contributed by atoms with Gasteiger partial charge < -0.3 is 10.9 Å². The van der Waals surface area contributed by atoms with Gasteiger partial charge >= 0.3 is 0 Å². The monoisotopic (exact) mass is 299 g/mol. The third kappa shape index (κ3) is 5.48. The Morgan fingerprint density at radius 2 is 1.85 bits per heavy atom. The van der Waals surface area contributed by atoms with Crippen LogP contribution in [0.3, 0.4) is 0 Å². The molecule has 0 amide bonds. The van der Waals surface area contributed by atoms with Gasteiger partial charge in [-0.2, -0.15) is 0 Å². The lowest BCUT2D eigenvalue weighted by molar-refractivity contribution is 0.318. The maximum absolute atomic E-state index is 11.9. The second-order valence-corrected chi connectivity index (χ2v) is 7.64. The molecule has 6 nitrogen and oxygen atoms in total. The minimum Gasteiger partial charge on any atom is -0.409 e. The van der Waals surface area contributed by atoms with E-state index < -0.39 is 10.0 Å². The summed E-state index contributed by atoms with van der Waals surface area (Å²) in [4.78, 5) is 0. The maximum atomic E-state index is 11.9. The third-order valence-corrected chi connectivity index (χ3v) is 3.97. The molecule has 0 unspecified atom stereocenters. The molecule has 0 saturated carbocycles. The zero-order chi connectivity index (χ0) is 15.4. The van der Waals surface area contributed by atoms with Gasteiger partial charge in [0.15, 0.2) is 5.84 Å². The van der Waals surface area contributed by atoms with Crippen LogP contribution >= 0.6 is 0 Å². The summed E-state index contributed by atoms with van der Waals surface area (Å²) in [5, 5.41) is 11.4. The van der Waals surface area contributed by atoms with E-state index in [-0.39, 0.29) is 17.0 Å². The van der Waals surface area contributed by atoms with Gasteiger partial charge in [-0.3, -0.25) is 4.72 Å². The molecule has 1 aromatic rings. The number of nitrogens with one attached hydrogen (secondary N) is 1. The predicted octanol–water partition coefficient (Wildman–Crippen LogP) is 1.96. The van der Waals surface area contributed by atoms with Crippen molar-refractivity contribution in [3.63, 3.8) is 0 Å². The highest BCUT2D eigenvalue weighted by atomic mass is 32.2. The Morgan fingerprint density at radius 3 is 2.30 bits per heavy atom. The van der Waals surface area contributed by atoms with Crippen LogP contribution in [-0.4, -0.2) is 25.2 Å². The van der Waals surface area contributed by atoms with Crippen LogP contribution in [0.2, 0.25) is 0 Å². The van der Waals surface area contributed by atoms with Crippen LogP contribution in [-0.2, 0) is 10.0 Å². The molecule has 0 aliphatic heterocycles. The second-order valence-electron chi connectivity index (χ2n) is 5.79. The van der Waals surface area contributed by atoms with Crippen LogP contribution in [0.1, 0.15) is 32.8 Å². The molecule has 1 rings (SSSR count). The molecule has 0 spiro atoms. The van der Waals surface area contributed by atoms with Crippen LogP contribution < -0.4 is 10.5 Å². The van der Waals surface area contributed by atoms with E-state index in [1.165, 1.54) is 0 Å². The lowest BCUT2D eigenvalue weighted by Crippen LogP contribution is -2.21. The molecular weight excluding hydrogens is 278 g/mol. The Balaban J connectivity index is 2.73. The summed E-state index contributed by atoms with van der Waals surface area (Å²) in [7, 11) is -3.37. The predicted molar refractivity (Wildman–Crippen MR) is 80.4 cm³/mol. The molecule has 0 atom stereocenters. The van der Waals surface area contributed by atoms with E-state index in [1.54, 1.807) is 24.3 Å². The van der Waals surface area contributed by atoms with Crippen LogP contribution in [0, 0.1) is 5.41 Å². The van der Waals surface area contributed by atoms with Crippen LogP contribution in [0.25, 0.3) is 0 Å². The van der Waals surface area contributed by atoms with E-state index >= 15 is 0 Å². The van der Waals surface area contributed by atoms with Crippen molar-refractivity contribution in [1.29, 1.82) is 0 Å². The van der Waals surface area contributed by atoms with Gasteiger partial charge in [-0.15, -0.1) is 0 Å². The first-order valence-corrected chi connectivity index (χ1v) is 7.87. The summed E-state index contributed by atoms with van der Waals surface area (Å²) in [5.74, 6) is 0.0468. The number of nitrogens with zero attached hydrogens (tertiary/aromatic N) is 1. The lowest BCUT2D eigenvalue weighted by atomic mass is 9.94. The van der Waals surface area contributed by atoms with Crippen molar-refractivity contribution in [2.75, 3.05) is 10.5 Å². The van der Waals surface area contributed by atoms with Crippen molar-refractivity contribution in [3.8, 4) is 0 Å². The average molecular weight is 299 g/mol. The highest BCUT2D eigenvalue weighted by molar-refractivity contribution is 7.92. The first kappa shape index (κ1) is 16.3. The molecule has 0 radical (unpaired) electrons. The molecule has 0 aliphatic carbocycles. The largest absolute Gasteiger partial charge is 0.409 e. The molecule has 0 aliphatic rings. The summed E-state index contributed by atoms with van der Waals surface area (Å²) < 4.78 is 26.3. The fourth-order valence-corrected chi connectivity index (χ4v) is 2.92. The van der Waals surface area contributed by atoms with Crippen LogP contribution in [0.15, 0.2) is 29.4 Å². The van der Waals surface area contributed by atoms with Crippen molar-refractivity contribution < 1.29 is 13.6 Å². The number of hydrogen-bond acceptors (Lipinski definition) is 4. The van der Waals surface area contributed by atoms with Crippen molar-refractivity contribution in [2.24, 2.45) is 16.3 Å². The van der Waals surface area contributed by atoms with Gasteiger partial charge in [0.05, 0.1) is 5.75 Å². The third-order valence-electron chi connectivity index (χ3n) is 2.68. The molecule has 7 heteroatoms. The van der Waals surface area contributed by atoms with E-state index in [2.05, 4.69) is 9.88 Å². The van der Waals surface area contributed by atoms with Gasteiger partial charge in [0, 0.05) is 11.3 Å². The van der Waals surface area contributed by atoms with E-state index in [4.69, 9.17) is 10.9 Å². The van der Waals surface area contributed by atoms with Crippen LogP contribution in [0.4, 0.5) is 5.69 Å². The molecular formula is C13H21N3O3S. The van der Waals surface area contributed by atoms with Gasteiger partial charge in [-0.25, -0.2) is 8.42 Å². The van der Waals surface area contributed by atoms with Crippen molar-refractivity contribution in [1.82, 2.24) is 0 Å². The van der Waals surface area contributed by atoms with Crippen LogP contribution in [0.5, 0.6) is 0 Å². The summed E-state index contributed by atoms with van der Waals surface area (Å²) in [6.45, 7) is 5.98. The van der Waals surface area contributed by atoms with Crippen molar-refractivity contribution >= 4 is 21.5 Å². The summed E-state index contributed by atoms with van der Waals surface area (Å²) >= 11 is 0. The first-order chi connectivity index (χ1) is 9.13. The molecule has 0 fully saturated rings. The van der Waals surface area contributed by atoms with Gasteiger partial charge in [0.1, 0.15) is 0 Å². The summed E-state index contributed by atoms with van der Waals surface area (Å²) in [6, 6.07) is 6.30. The van der Waals surface area contributed by atoms with Gasteiger partial charge in [-0.1, -0.05) is 25.9 Å². The number of nitrogens with two attached hydrogens (primary N) is 1. The number of rotatable bonds is 5. The van der Waals surface area contributed by atoms with Gasteiger partial charge in [0.25, 0.3) is 0 Å². The van der Waals surface area contributed by atoms with Gasteiger partial charge in [0.2, 0.25) is 10.0 Å². The van der Waals surface area contributed by atoms with E-state index in [9.17, 15) is 8.42 Å². The lowest BCUT2D eigenvalue weighted by Gasteiger charge is -2.18. The molecule has 0 aromatic heterocycles.